The molecule has 0 saturated carbocycles. The fourth-order valence-electron chi connectivity index (χ4n) is 5.41. The van der Waals surface area contributed by atoms with Crippen molar-refractivity contribution in [3.8, 4) is 11.9 Å². The third-order valence-corrected chi connectivity index (χ3v) is 8.27. The van der Waals surface area contributed by atoms with Crippen molar-refractivity contribution in [2.24, 2.45) is 16.1 Å². The molecule has 2 rings (SSSR count). The Labute approximate surface area is 248 Å². The quantitative estimate of drug-likeness (QED) is 0.121. The van der Waals surface area contributed by atoms with Crippen LogP contribution in [0.25, 0.3) is 0 Å². The van der Waals surface area contributed by atoms with Gasteiger partial charge >= 0.3 is 0 Å². The lowest BCUT2D eigenvalue weighted by molar-refractivity contribution is 0.339. The van der Waals surface area contributed by atoms with Crippen LogP contribution in [0.15, 0.2) is 39.3 Å². The summed E-state index contributed by atoms with van der Waals surface area (Å²) in [6, 6.07) is 10.1. The average molecular weight is 563 g/mol. The molecular formula is C35H54N4O2. The van der Waals surface area contributed by atoms with Crippen LogP contribution in [0.1, 0.15) is 140 Å². The summed E-state index contributed by atoms with van der Waals surface area (Å²) in [4.78, 5) is 13.3. The number of unbranched alkanes of at least 4 members (excludes halogenated alkanes) is 12. The number of aryl methyl sites for hydroxylation is 1. The Balaban J connectivity index is 1.90. The normalized spacial score (nSPS) is 12.2. The number of hydrogen-bond acceptors (Lipinski definition) is 5. The van der Waals surface area contributed by atoms with Crippen molar-refractivity contribution in [1.29, 1.82) is 5.26 Å². The summed E-state index contributed by atoms with van der Waals surface area (Å²) in [5.41, 5.74) is 2.10. The van der Waals surface area contributed by atoms with Gasteiger partial charge in [-0.3, -0.25) is 9.36 Å². The fraction of sp³-hybridized carbons (Fsp3) is 0.657. The van der Waals surface area contributed by atoms with E-state index in [0.717, 1.165) is 32.1 Å². The maximum Gasteiger partial charge on any atom is 0.281 e. The Kier molecular flexibility index (Phi) is 16.7. The van der Waals surface area contributed by atoms with Gasteiger partial charge in [-0.2, -0.15) is 10.4 Å². The van der Waals surface area contributed by atoms with E-state index >= 15 is 0 Å². The molecule has 0 bridgehead atoms. The van der Waals surface area contributed by atoms with Gasteiger partial charge in [0.05, 0.1) is 5.69 Å². The van der Waals surface area contributed by atoms with Crippen LogP contribution in [0.2, 0.25) is 0 Å². The highest BCUT2D eigenvalue weighted by Crippen LogP contribution is 2.28. The van der Waals surface area contributed by atoms with Gasteiger partial charge in [-0.05, 0) is 49.8 Å². The number of pyridine rings is 1. The highest BCUT2D eigenvalue weighted by molar-refractivity contribution is 5.56. The van der Waals surface area contributed by atoms with E-state index in [2.05, 4.69) is 43.1 Å². The van der Waals surface area contributed by atoms with E-state index in [4.69, 9.17) is 0 Å². The Hall–Kier alpha value is -2.94. The van der Waals surface area contributed by atoms with Crippen LogP contribution in [0.3, 0.4) is 0 Å². The van der Waals surface area contributed by atoms with E-state index in [1.807, 2.05) is 18.2 Å². The molecule has 0 aliphatic heterocycles. The zero-order valence-electron chi connectivity index (χ0n) is 26.3. The molecule has 6 nitrogen and oxygen atoms in total. The lowest BCUT2D eigenvalue weighted by Crippen LogP contribution is -2.25. The van der Waals surface area contributed by atoms with Crippen LogP contribution < -0.4 is 5.56 Å². The number of rotatable bonds is 21. The summed E-state index contributed by atoms with van der Waals surface area (Å²) in [5.74, 6) is -0.0266. The largest absolute Gasteiger partial charge is 0.493 e. The van der Waals surface area contributed by atoms with Crippen LogP contribution in [0.5, 0.6) is 5.88 Å². The smallest absolute Gasteiger partial charge is 0.281 e. The van der Waals surface area contributed by atoms with Crippen molar-refractivity contribution in [1.82, 2.24) is 4.57 Å². The van der Waals surface area contributed by atoms with Gasteiger partial charge in [-0.15, -0.1) is 5.11 Å². The molecule has 41 heavy (non-hydrogen) atoms. The molecule has 0 aliphatic carbocycles. The van der Waals surface area contributed by atoms with Crippen LogP contribution in [0.4, 0.5) is 11.4 Å². The lowest BCUT2D eigenvalue weighted by atomic mass is 9.99. The minimum Gasteiger partial charge on any atom is -0.493 e. The van der Waals surface area contributed by atoms with E-state index in [-0.39, 0.29) is 23.0 Å². The second kappa shape index (κ2) is 20.0. The van der Waals surface area contributed by atoms with Crippen molar-refractivity contribution in [3.63, 3.8) is 0 Å². The van der Waals surface area contributed by atoms with Crippen molar-refractivity contribution in [2.75, 3.05) is 0 Å². The maximum atomic E-state index is 13.3. The molecule has 226 valence electrons. The standard InChI is InChI=1S/C35H54N4O2/c1-5-8-10-11-12-13-14-15-16-17-18-19-21-30-22-24-31(25-23-30)37-38-33-28(4)32(26-36)34(40)39(35(33)41)27-29(7-3)20-9-6-2/h22-25,29,40H,5-21,27H2,1-4H3. The Bertz CT molecular complexity index is 1140. The topological polar surface area (TPSA) is 90.7 Å². The van der Waals surface area contributed by atoms with Crippen molar-refractivity contribution >= 4 is 11.4 Å². The highest BCUT2D eigenvalue weighted by Gasteiger charge is 2.21. The molecular weight excluding hydrogens is 508 g/mol. The first-order valence-electron chi connectivity index (χ1n) is 16.3. The summed E-state index contributed by atoms with van der Waals surface area (Å²) >= 11 is 0. The zero-order chi connectivity index (χ0) is 29.9. The predicted octanol–water partition coefficient (Wildman–Crippen LogP) is 10.6. The van der Waals surface area contributed by atoms with Gasteiger partial charge in [0.2, 0.25) is 5.88 Å². The molecule has 1 aromatic carbocycles. The van der Waals surface area contributed by atoms with E-state index in [1.165, 1.54) is 87.2 Å². The summed E-state index contributed by atoms with van der Waals surface area (Å²) in [5, 5.41) is 29.0. The molecule has 1 unspecified atom stereocenters. The molecule has 1 atom stereocenters. The third kappa shape index (κ3) is 11.8. The molecule has 0 saturated heterocycles. The van der Waals surface area contributed by atoms with Crippen molar-refractivity contribution < 1.29 is 5.11 Å². The van der Waals surface area contributed by atoms with Crippen LogP contribution in [-0.2, 0) is 13.0 Å². The number of azo groups is 1. The number of benzene rings is 1. The SMILES string of the molecule is CCCCCCCCCCCCCCc1ccc(N=Nc2c(C)c(C#N)c(O)n(CC(CC)CCCC)c2=O)cc1. The van der Waals surface area contributed by atoms with Gasteiger partial charge in [0.25, 0.3) is 5.56 Å². The first-order chi connectivity index (χ1) is 20.0. The first-order valence-corrected chi connectivity index (χ1v) is 16.3. The molecule has 0 amide bonds. The molecule has 0 aliphatic rings. The number of aromatic nitrogens is 1. The van der Waals surface area contributed by atoms with Gasteiger partial charge in [0, 0.05) is 12.1 Å². The molecule has 0 spiro atoms. The van der Waals surface area contributed by atoms with Crippen LogP contribution >= 0.6 is 0 Å². The monoisotopic (exact) mass is 562 g/mol. The second-order valence-electron chi connectivity index (χ2n) is 11.6. The van der Waals surface area contributed by atoms with Crippen molar-refractivity contribution in [2.45, 2.75) is 143 Å². The summed E-state index contributed by atoms with van der Waals surface area (Å²) < 4.78 is 1.31. The minimum atomic E-state index is -0.402. The van der Waals surface area contributed by atoms with E-state index in [0.29, 0.717) is 17.8 Å². The summed E-state index contributed by atoms with van der Waals surface area (Å²) in [6.07, 6.45) is 21.2. The Morgan fingerprint density at radius 2 is 1.39 bits per heavy atom. The molecule has 1 heterocycles. The lowest BCUT2D eigenvalue weighted by Gasteiger charge is -2.19. The molecule has 1 N–H and O–H groups in total. The molecule has 1 aromatic heterocycles. The summed E-state index contributed by atoms with van der Waals surface area (Å²) in [6.45, 7) is 8.51. The fourth-order valence-corrected chi connectivity index (χ4v) is 5.41. The van der Waals surface area contributed by atoms with Gasteiger partial charge in [-0.1, -0.05) is 123 Å². The van der Waals surface area contributed by atoms with Crippen LogP contribution in [0, 0.1) is 24.2 Å². The number of nitrogens with zero attached hydrogens (tertiary/aromatic N) is 4. The molecule has 0 fully saturated rings. The van der Waals surface area contributed by atoms with E-state index in [9.17, 15) is 15.2 Å². The number of aromatic hydroxyl groups is 1. The molecule has 0 radical (unpaired) electrons. The predicted molar refractivity (Wildman–Crippen MR) is 171 cm³/mol. The zero-order valence-corrected chi connectivity index (χ0v) is 26.3. The van der Waals surface area contributed by atoms with Gasteiger partial charge in [0.15, 0.2) is 5.69 Å². The third-order valence-electron chi connectivity index (χ3n) is 8.27. The van der Waals surface area contributed by atoms with Crippen LogP contribution in [-0.4, -0.2) is 9.67 Å². The van der Waals surface area contributed by atoms with Gasteiger partial charge in [-0.25, -0.2) is 0 Å². The van der Waals surface area contributed by atoms with E-state index in [1.54, 1.807) is 6.92 Å². The van der Waals surface area contributed by atoms with Gasteiger partial charge in [0.1, 0.15) is 11.6 Å². The summed E-state index contributed by atoms with van der Waals surface area (Å²) in [7, 11) is 0. The minimum absolute atomic E-state index is 0.0849. The molecule has 6 heteroatoms. The van der Waals surface area contributed by atoms with Crippen molar-refractivity contribution in [3.05, 3.63) is 51.3 Å². The maximum absolute atomic E-state index is 13.3. The number of nitriles is 1. The first kappa shape index (κ1) is 34.3. The Morgan fingerprint density at radius 1 is 0.829 bits per heavy atom. The average Bonchev–Trinajstić information content (AvgIpc) is 2.98. The highest BCUT2D eigenvalue weighted by atomic mass is 16.3. The molecule has 2 aromatic rings. The van der Waals surface area contributed by atoms with Gasteiger partial charge < -0.3 is 5.11 Å². The second-order valence-corrected chi connectivity index (χ2v) is 11.6. The number of hydrogen-bond donors (Lipinski definition) is 1. The Morgan fingerprint density at radius 3 is 1.93 bits per heavy atom. The van der Waals surface area contributed by atoms with E-state index < -0.39 is 5.56 Å².